The molecule has 154 valence electrons. The molecule has 0 bridgehead atoms. The van der Waals surface area contributed by atoms with Gasteiger partial charge in [-0.1, -0.05) is 6.92 Å². The first-order chi connectivity index (χ1) is 13.6. The van der Waals surface area contributed by atoms with Crippen LogP contribution in [0.1, 0.15) is 26.2 Å². The van der Waals surface area contributed by atoms with Gasteiger partial charge in [-0.25, -0.2) is 4.90 Å². The minimum absolute atomic E-state index is 0.0947. The Hall–Kier alpha value is -1.96. The summed E-state index contributed by atoms with van der Waals surface area (Å²) < 4.78 is 5.57. The zero-order valence-corrected chi connectivity index (χ0v) is 17.2. The molecule has 28 heavy (non-hydrogen) atoms. The number of amides is 2. The van der Waals surface area contributed by atoms with Crippen molar-refractivity contribution in [3.63, 3.8) is 0 Å². The van der Waals surface area contributed by atoms with Crippen molar-refractivity contribution in [2.45, 2.75) is 32.2 Å². The van der Waals surface area contributed by atoms with Crippen LogP contribution >= 0.6 is 0 Å². The fourth-order valence-electron chi connectivity index (χ4n) is 3.97. The van der Waals surface area contributed by atoms with Crippen molar-refractivity contribution >= 4 is 17.5 Å². The van der Waals surface area contributed by atoms with Gasteiger partial charge in [0.1, 0.15) is 31.9 Å². The highest BCUT2D eigenvalue weighted by molar-refractivity contribution is 6.21. The summed E-state index contributed by atoms with van der Waals surface area (Å²) in [5.41, 5.74) is 0.638. The average Bonchev–Trinajstić information content (AvgIpc) is 2.99. The van der Waals surface area contributed by atoms with Gasteiger partial charge in [0, 0.05) is 6.42 Å². The third kappa shape index (κ3) is 5.31. The molecule has 7 nitrogen and oxygen atoms in total. The number of likely N-dealkylation sites (N-methyl/N-ethyl adjacent to an activating group) is 1. The van der Waals surface area contributed by atoms with E-state index in [2.05, 4.69) is 19.3 Å². The van der Waals surface area contributed by atoms with Gasteiger partial charge in [-0.2, -0.15) is 0 Å². The molecule has 7 heteroatoms. The first-order valence-electron chi connectivity index (χ1n) is 10.7. The third-order valence-electron chi connectivity index (χ3n) is 5.75. The quantitative estimate of drug-likeness (QED) is 0.321. The second-order valence-electron chi connectivity index (χ2n) is 8.06. The number of carbonyl (C=O) groups is 2. The van der Waals surface area contributed by atoms with Crippen molar-refractivity contribution < 1.29 is 29.4 Å². The molecule has 4 N–H and O–H groups in total. The molecular formula is C21H35N4O3+3. The van der Waals surface area contributed by atoms with Gasteiger partial charge in [-0.05, 0) is 30.7 Å². The van der Waals surface area contributed by atoms with Gasteiger partial charge in [0.05, 0.1) is 38.9 Å². The van der Waals surface area contributed by atoms with Crippen LogP contribution in [0.4, 0.5) is 5.69 Å². The van der Waals surface area contributed by atoms with Crippen LogP contribution in [0.2, 0.25) is 0 Å². The highest BCUT2D eigenvalue weighted by atomic mass is 16.5. The Balaban J connectivity index is 1.45. The zero-order valence-electron chi connectivity index (χ0n) is 17.2. The zero-order chi connectivity index (χ0) is 19.9. The number of quaternary nitrogens is 3. The fourth-order valence-corrected chi connectivity index (χ4v) is 3.97. The molecule has 1 aromatic carbocycles. The molecule has 0 aromatic heterocycles. The summed E-state index contributed by atoms with van der Waals surface area (Å²) >= 11 is 0. The predicted octanol–water partition coefficient (Wildman–Crippen LogP) is -2.53. The Kier molecular flexibility index (Phi) is 7.42. The van der Waals surface area contributed by atoms with Crippen LogP contribution in [0.15, 0.2) is 24.3 Å². The van der Waals surface area contributed by atoms with E-state index < -0.39 is 0 Å². The number of ether oxygens (including phenoxy) is 1. The van der Waals surface area contributed by atoms with Gasteiger partial charge in [-0.3, -0.25) is 9.59 Å². The molecule has 1 atom stereocenters. The van der Waals surface area contributed by atoms with Crippen LogP contribution in [-0.2, 0) is 9.59 Å². The summed E-state index contributed by atoms with van der Waals surface area (Å²) in [5, 5.41) is 2.06. The number of rotatable bonds is 9. The van der Waals surface area contributed by atoms with E-state index >= 15 is 0 Å². The van der Waals surface area contributed by atoms with Gasteiger partial charge < -0.3 is 19.9 Å². The predicted molar refractivity (Wildman–Crippen MR) is 107 cm³/mol. The average molecular weight is 392 g/mol. The minimum Gasteiger partial charge on any atom is -0.494 e. The van der Waals surface area contributed by atoms with E-state index in [-0.39, 0.29) is 24.3 Å². The van der Waals surface area contributed by atoms with E-state index in [0.29, 0.717) is 12.3 Å². The van der Waals surface area contributed by atoms with E-state index in [0.717, 1.165) is 31.7 Å². The van der Waals surface area contributed by atoms with E-state index in [1.807, 2.05) is 12.1 Å². The van der Waals surface area contributed by atoms with E-state index in [1.165, 1.54) is 31.1 Å². The summed E-state index contributed by atoms with van der Waals surface area (Å²) in [6, 6.07) is 6.95. The van der Waals surface area contributed by atoms with Gasteiger partial charge in [0.25, 0.3) is 5.91 Å². The monoisotopic (exact) mass is 391 g/mol. The lowest BCUT2D eigenvalue weighted by atomic mass is 10.2. The Bertz CT molecular complexity index is 656. The second-order valence-corrected chi connectivity index (χ2v) is 8.06. The number of benzene rings is 1. The summed E-state index contributed by atoms with van der Waals surface area (Å²) in [6.07, 6.45) is 2.31. The molecule has 0 aliphatic carbocycles. The van der Waals surface area contributed by atoms with E-state index in [1.54, 1.807) is 21.9 Å². The maximum atomic E-state index is 12.7. The van der Waals surface area contributed by atoms with Crippen molar-refractivity contribution in [2.75, 3.05) is 57.8 Å². The molecule has 2 saturated heterocycles. The molecule has 2 aliphatic rings. The Morgan fingerprint density at radius 3 is 2.54 bits per heavy atom. The number of hydrogen-bond acceptors (Lipinski definition) is 3. The highest BCUT2D eigenvalue weighted by Crippen LogP contribution is 2.24. The fraction of sp³-hybridized carbons (Fsp3) is 0.619. The number of carbonyl (C=O) groups excluding carboxylic acids is 2. The molecule has 3 rings (SSSR count). The maximum Gasteiger partial charge on any atom is 0.292 e. The van der Waals surface area contributed by atoms with Crippen LogP contribution in [0.3, 0.4) is 0 Å². The van der Waals surface area contributed by atoms with E-state index in [9.17, 15) is 9.59 Å². The summed E-state index contributed by atoms with van der Waals surface area (Å²) in [4.78, 5) is 29.8. The van der Waals surface area contributed by atoms with Crippen molar-refractivity contribution in [3.05, 3.63) is 24.3 Å². The second kappa shape index (κ2) is 10.0. The van der Waals surface area contributed by atoms with E-state index in [4.69, 9.17) is 4.74 Å². The molecule has 1 aromatic rings. The standard InChI is InChI=1S/C21H32N4O3/c1-3-15-28-18-7-5-17(6-8-18)25-20(26)16-19(21(25)27)22-9-4-10-24-13-11-23(2)12-14-24/h5-8,19,22H,3-4,9-16H2,1-2H3/p+3/t19-/m0/s1. The minimum atomic E-state index is -0.282. The summed E-state index contributed by atoms with van der Waals surface area (Å²) in [6.45, 7) is 9.72. The molecule has 2 amide bonds. The normalized spacial score (nSPS) is 25.4. The number of hydrogen-bond donors (Lipinski definition) is 3. The molecular weight excluding hydrogens is 356 g/mol. The topological polar surface area (TPSA) is 72.1 Å². The molecule has 0 spiro atoms. The lowest BCUT2D eigenvalue weighted by Crippen LogP contribution is -3.27. The SMILES string of the molecule is CCCOc1ccc(N2C(=O)C[C@H]([NH2+]CCC[NH+]3CC[NH+](C)CC3)C2=O)cc1. The van der Waals surface area contributed by atoms with Crippen LogP contribution in [0, 0.1) is 0 Å². The smallest absolute Gasteiger partial charge is 0.292 e. The van der Waals surface area contributed by atoms with Crippen molar-refractivity contribution in [2.24, 2.45) is 0 Å². The number of piperazine rings is 1. The largest absolute Gasteiger partial charge is 0.494 e. The molecule has 2 aliphatic heterocycles. The van der Waals surface area contributed by atoms with Gasteiger partial charge in [-0.15, -0.1) is 0 Å². The van der Waals surface area contributed by atoms with Crippen LogP contribution in [-0.4, -0.2) is 70.8 Å². The maximum absolute atomic E-state index is 12.7. The molecule has 0 radical (unpaired) electrons. The number of anilines is 1. The van der Waals surface area contributed by atoms with Crippen molar-refractivity contribution in [3.8, 4) is 5.75 Å². The first kappa shape index (κ1) is 20.8. The molecule has 2 heterocycles. The van der Waals surface area contributed by atoms with Crippen LogP contribution in [0.25, 0.3) is 0 Å². The molecule has 2 fully saturated rings. The van der Waals surface area contributed by atoms with Crippen LogP contribution < -0.4 is 24.8 Å². The van der Waals surface area contributed by atoms with Gasteiger partial charge in [0.2, 0.25) is 5.91 Å². The van der Waals surface area contributed by atoms with Crippen molar-refractivity contribution in [1.82, 2.24) is 0 Å². The Morgan fingerprint density at radius 1 is 1.14 bits per heavy atom. The van der Waals surface area contributed by atoms with Crippen LogP contribution in [0.5, 0.6) is 5.75 Å². The van der Waals surface area contributed by atoms with Gasteiger partial charge >= 0.3 is 0 Å². The number of nitrogens with zero attached hydrogens (tertiary/aromatic N) is 1. The lowest BCUT2D eigenvalue weighted by Gasteiger charge is -2.27. The number of nitrogens with one attached hydrogen (secondary N) is 2. The molecule has 0 unspecified atom stereocenters. The Labute approximate surface area is 167 Å². The number of nitrogens with two attached hydrogens (primary N) is 1. The van der Waals surface area contributed by atoms with Gasteiger partial charge in [0.15, 0.2) is 6.04 Å². The first-order valence-corrected chi connectivity index (χ1v) is 10.7. The highest BCUT2D eigenvalue weighted by Gasteiger charge is 2.42. The Morgan fingerprint density at radius 2 is 1.86 bits per heavy atom. The summed E-state index contributed by atoms with van der Waals surface area (Å²) in [5.74, 6) is 0.560. The molecule has 0 saturated carbocycles. The number of imide groups is 1. The van der Waals surface area contributed by atoms with Crippen molar-refractivity contribution in [1.29, 1.82) is 0 Å². The summed E-state index contributed by atoms with van der Waals surface area (Å²) in [7, 11) is 2.25. The third-order valence-corrected chi connectivity index (χ3v) is 5.75. The lowest BCUT2D eigenvalue weighted by molar-refractivity contribution is -1.00.